The third kappa shape index (κ3) is 6.50. The molecule has 20 heavy (non-hydrogen) atoms. The zero-order valence-corrected chi connectivity index (χ0v) is 11.6. The maximum atomic E-state index is 11.6. The Morgan fingerprint density at radius 1 is 1.35 bits per heavy atom. The first kappa shape index (κ1) is 14.8. The summed E-state index contributed by atoms with van der Waals surface area (Å²) in [4.78, 5) is 11.6. The van der Waals surface area contributed by atoms with E-state index >= 15 is 0 Å². The molecule has 108 valence electrons. The Kier molecular flexibility index (Phi) is 6.27. The van der Waals surface area contributed by atoms with Crippen LogP contribution in [0.1, 0.15) is 18.4 Å². The van der Waals surface area contributed by atoms with Crippen molar-refractivity contribution in [3.8, 4) is 0 Å². The fraction of sp³-hybridized carbons (Fsp3) is 0.438. The number of amides is 1. The largest absolute Gasteiger partial charge is 0.379 e. The smallest absolute Gasteiger partial charge is 0.243 e. The summed E-state index contributed by atoms with van der Waals surface area (Å²) in [6, 6.07) is 9.78. The van der Waals surface area contributed by atoms with Gasteiger partial charge >= 0.3 is 0 Å². The summed E-state index contributed by atoms with van der Waals surface area (Å²) in [5, 5.41) is 2.86. The minimum atomic E-state index is -0.0545. The van der Waals surface area contributed by atoms with E-state index in [1.165, 1.54) is 0 Å². The second kappa shape index (κ2) is 8.51. The van der Waals surface area contributed by atoms with Crippen molar-refractivity contribution in [3.63, 3.8) is 0 Å². The minimum Gasteiger partial charge on any atom is -0.379 e. The van der Waals surface area contributed by atoms with Gasteiger partial charge in [0.25, 0.3) is 0 Å². The van der Waals surface area contributed by atoms with Crippen LogP contribution >= 0.6 is 0 Å². The number of hydrogen-bond acceptors (Lipinski definition) is 3. The van der Waals surface area contributed by atoms with Crippen LogP contribution < -0.4 is 5.32 Å². The van der Waals surface area contributed by atoms with Crippen LogP contribution in [0.15, 0.2) is 36.4 Å². The molecular formula is C16H21NO3. The number of benzene rings is 1. The van der Waals surface area contributed by atoms with E-state index in [1.807, 2.05) is 36.4 Å². The van der Waals surface area contributed by atoms with Crippen LogP contribution in [-0.4, -0.2) is 38.4 Å². The third-order valence-electron chi connectivity index (χ3n) is 2.95. The fourth-order valence-electron chi connectivity index (χ4n) is 1.71. The van der Waals surface area contributed by atoms with E-state index in [4.69, 9.17) is 9.47 Å². The summed E-state index contributed by atoms with van der Waals surface area (Å²) in [5.41, 5.74) is 1.03. The minimum absolute atomic E-state index is 0.0545. The Morgan fingerprint density at radius 2 is 2.15 bits per heavy atom. The average Bonchev–Trinajstić information content (AvgIpc) is 3.29. The molecule has 4 heteroatoms. The van der Waals surface area contributed by atoms with Gasteiger partial charge in [-0.15, -0.1) is 0 Å². The Bertz CT molecular complexity index is 427. The summed E-state index contributed by atoms with van der Waals surface area (Å²) in [6.07, 6.45) is 5.59. The Labute approximate surface area is 119 Å². The van der Waals surface area contributed by atoms with E-state index in [2.05, 4.69) is 5.32 Å². The molecule has 1 heterocycles. The number of rotatable bonds is 9. The van der Waals surface area contributed by atoms with Gasteiger partial charge in [-0.05, 0) is 24.5 Å². The van der Waals surface area contributed by atoms with Crippen molar-refractivity contribution in [1.29, 1.82) is 0 Å². The first-order chi connectivity index (χ1) is 9.84. The SMILES string of the molecule is O=C(C=Cc1ccccc1)NCCCCOCC1CO1. The van der Waals surface area contributed by atoms with Crippen LogP contribution in [0.3, 0.4) is 0 Å². The molecule has 2 rings (SSSR count). The van der Waals surface area contributed by atoms with E-state index < -0.39 is 0 Å². The number of hydrogen-bond donors (Lipinski definition) is 1. The third-order valence-corrected chi connectivity index (χ3v) is 2.95. The predicted octanol–water partition coefficient (Wildman–Crippen LogP) is 2.01. The zero-order valence-electron chi connectivity index (χ0n) is 11.6. The van der Waals surface area contributed by atoms with Gasteiger partial charge in [0.2, 0.25) is 5.91 Å². The van der Waals surface area contributed by atoms with Gasteiger partial charge in [-0.2, -0.15) is 0 Å². The van der Waals surface area contributed by atoms with Crippen LogP contribution in [0, 0.1) is 0 Å². The van der Waals surface area contributed by atoms with Crippen LogP contribution in [0.2, 0.25) is 0 Å². The number of nitrogens with one attached hydrogen (secondary N) is 1. The fourth-order valence-corrected chi connectivity index (χ4v) is 1.71. The molecule has 1 amide bonds. The van der Waals surface area contributed by atoms with E-state index in [9.17, 15) is 4.79 Å². The quantitative estimate of drug-likeness (QED) is 0.426. The van der Waals surface area contributed by atoms with Crippen molar-refractivity contribution in [2.24, 2.45) is 0 Å². The Balaban J connectivity index is 1.48. The summed E-state index contributed by atoms with van der Waals surface area (Å²) < 4.78 is 10.5. The Morgan fingerprint density at radius 3 is 2.90 bits per heavy atom. The summed E-state index contributed by atoms with van der Waals surface area (Å²) in [5.74, 6) is -0.0545. The molecule has 1 aliphatic heterocycles. The lowest BCUT2D eigenvalue weighted by Crippen LogP contribution is -2.22. The number of carbonyl (C=O) groups excluding carboxylic acids is 1. The van der Waals surface area contributed by atoms with Crippen LogP contribution in [0.5, 0.6) is 0 Å². The number of carbonyl (C=O) groups is 1. The van der Waals surface area contributed by atoms with E-state index in [0.717, 1.165) is 31.6 Å². The molecule has 1 N–H and O–H groups in total. The van der Waals surface area contributed by atoms with Gasteiger partial charge < -0.3 is 14.8 Å². The van der Waals surface area contributed by atoms with Gasteiger partial charge in [0.15, 0.2) is 0 Å². The second-order valence-electron chi connectivity index (χ2n) is 4.77. The van der Waals surface area contributed by atoms with Crippen LogP contribution in [-0.2, 0) is 14.3 Å². The maximum Gasteiger partial charge on any atom is 0.243 e. The average molecular weight is 275 g/mol. The molecule has 1 unspecified atom stereocenters. The molecule has 0 radical (unpaired) electrons. The summed E-state index contributed by atoms with van der Waals surface area (Å²) >= 11 is 0. The predicted molar refractivity (Wildman–Crippen MR) is 78.3 cm³/mol. The molecule has 1 fully saturated rings. The molecule has 0 saturated carbocycles. The van der Waals surface area contributed by atoms with Crippen molar-refractivity contribution in [2.75, 3.05) is 26.4 Å². The summed E-state index contributed by atoms with van der Waals surface area (Å²) in [6.45, 7) is 2.95. The monoisotopic (exact) mass is 275 g/mol. The van der Waals surface area contributed by atoms with Crippen molar-refractivity contribution >= 4 is 12.0 Å². The molecule has 0 aliphatic carbocycles. The van der Waals surface area contributed by atoms with Crippen LogP contribution in [0.25, 0.3) is 6.08 Å². The zero-order chi connectivity index (χ0) is 14.0. The molecule has 0 aromatic heterocycles. The first-order valence-corrected chi connectivity index (χ1v) is 7.05. The number of epoxide rings is 1. The highest BCUT2D eigenvalue weighted by Gasteiger charge is 2.21. The van der Waals surface area contributed by atoms with Crippen molar-refractivity contribution in [3.05, 3.63) is 42.0 Å². The van der Waals surface area contributed by atoms with E-state index in [0.29, 0.717) is 19.3 Å². The van der Waals surface area contributed by atoms with Gasteiger partial charge in [0, 0.05) is 19.2 Å². The molecule has 0 bridgehead atoms. The van der Waals surface area contributed by atoms with Gasteiger partial charge in [0.05, 0.1) is 13.2 Å². The lowest BCUT2D eigenvalue weighted by atomic mass is 10.2. The van der Waals surface area contributed by atoms with Gasteiger partial charge in [-0.1, -0.05) is 30.3 Å². The molecule has 4 nitrogen and oxygen atoms in total. The molecule has 1 aromatic rings. The van der Waals surface area contributed by atoms with Crippen molar-refractivity contribution in [1.82, 2.24) is 5.32 Å². The highest BCUT2D eigenvalue weighted by molar-refractivity contribution is 5.91. The first-order valence-electron chi connectivity index (χ1n) is 7.05. The standard InChI is InChI=1S/C16H21NO3/c18-16(9-8-14-6-2-1-3-7-14)17-10-4-5-11-19-12-15-13-20-15/h1-3,6-9,15H,4-5,10-13H2,(H,17,18). The molecule has 1 atom stereocenters. The highest BCUT2D eigenvalue weighted by atomic mass is 16.6. The van der Waals surface area contributed by atoms with Crippen molar-refractivity contribution < 1.29 is 14.3 Å². The van der Waals surface area contributed by atoms with Gasteiger partial charge in [-0.25, -0.2) is 0 Å². The highest BCUT2D eigenvalue weighted by Crippen LogP contribution is 2.08. The van der Waals surface area contributed by atoms with Gasteiger partial charge in [-0.3, -0.25) is 4.79 Å². The Hall–Kier alpha value is -1.65. The topological polar surface area (TPSA) is 50.9 Å². The molecule has 1 aliphatic rings. The molecule has 0 spiro atoms. The van der Waals surface area contributed by atoms with Crippen LogP contribution in [0.4, 0.5) is 0 Å². The normalized spacial score (nSPS) is 17.3. The lowest BCUT2D eigenvalue weighted by molar-refractivity contribution is -0.116. The van der Waals surface area contributed by atoms with Gasteiger partial charge in [0.1, 0.15) is 6.10 Å². The number of unbranched alkanes of at least 4 members (excludes halogenated alkanes) is 1. The lowest BCUT2D eigenvalue weighted by Gasteiger charge is -2.03. The summed E-state index contributed by atoms with van der Waals surface area (Å²) in [7, 11) is 0. The van der Waals surface area contributed by atoms with Crippen molar-refractivity contribution in [2.45, 2.75) is 18.9 Å². The molecule has 1 saturated heterocycles. The van der Waals surface area contributed by atoms with E-state index in [-0.39, 0.29) is 5.91 Å². The number of ether oxygens (including phenoxy) is 2. The molecular weight excluding hydrogens is 254 g/mol. The molecule has 1 aromatic carbocycles. The van der Waals surface area contributed by atoms with E-state index in [1.54, 1.807) is 6.08 Å². The maximum absolute atomic E-state index is 11.6. The second-order valence-corrected chi connectivity index (χ2v) is 4.77.